The van der Waals surface area contributed by atoms with Crippen LogP contribution in [0.1, 0.15) is 71.9 Å². The van der Waals surface area contributed by atoms with Gasteiger partial charge in [0.25, 0.3) is 0 Å². The Labute approximate surface area is 372 Å². The van der Waals surface area contributed by atoms with E-state index in [1.165, 1.54) is 0 Å². The first-order chi connectivity index (χ1) is 31.2. The fourth-order valence-corrected chi connectivity index (χ4v) is 6.74. The van der Waals surface area contributed by atoms with Crippen molar-refractivity contribution in [3.05, 3.63) is 199 Å². The second-order valence-electron chi connectivity index (χ2n) is 15.3. The van der Waals surface area contributed by atoms with E-state index in [2.05, 4.69) is 139 Å². The van der Waals surface area contributed by atoms with Crippen molar-refractivity contribution in [2.24, 2.45) is 0 Å². The van der Waals surface area contributed by atoms with E-state index < -0.39 is 0 Å². The van der Waals surface area contributed by atoms with E-state index in [1.54, 1.807) is 0 Å². The molecule has 0 atom stereocenters. The highest BCUT2D eigenvalue weighted by atomic mass is 16.5. The van der Waals surface area contributed by atoms with E-state index in [0.29, 0.717) is 19.8 Å². The summed E-state index contributed by atoms with van der Waals surface area (Å²) in [4.78, 5) is 12.3. The SMILES string of the molecule is C(=C\c1cc[n+](CCCCOc2cc(OCCCC[n+]3ccc(/C=C/c4ccncc4)cc3)cc(OCCCC[n+]3ccc(/C=C/c4ccncc4)cc3)c2)cc1)/c1ccncc1. The van der Waals surface area contributed by atoms with Gasteiger partial charge in [-0.05, 0) is 89.0 Å². The zero-order valence-electron chi connectivity index (χ0n) is 35.9. The van der Waals surface area contributed by atoms with Crippen molar-refractivity contribution in [3.8, 4) is 17.2 Å². The topological polar surface area (TPSA) is 78.0 Å². The summed E-state index contributed by atoms with van der Waals surface area (Å²) in [5.74, 6) is 2.30. The number of ether oxygens (including phenoxy) is 3. The molecule has 63 heavy (non-hydrogen) atoms. The molecule has 9 heteroatoms. The number of benzene rings is 1. The molecule has 0 fully saturated rings. The summed E-state index contributed by atoms with van der Waals surface area (Å²) in [6.07, 6.45) is 42.1. The van der Waals surface area contributed by atoms with Crippen LogP contribution in [0.15, 0.2) is 165 Å². The van der Waals surface area contributed by atoms with E-state index in [-0.39, 0.29) is 0 Å². The van der Waals surface area contributed by atoms with Gasteiger partial charge in [-0.1, -0.05) is 36.5 Å². The highest BCUT2D eigenvalue weighted by Gasteiger charge is 2.08. The Balaban J connectivity index is 0.858. The van der Waals surface area contributed by atoms with Gasteiger partial charge in [-0.25, -0.2) is 13.7 Å². The second kappa shape index (κ2) is 24.9. The number of nitrogens with zero attached hydrogens (tertiary/aromatic N) is 6. The van der Waals surface area contributed by atoms with Crippen LogP contribution in [0.25, 0.3) is 36.5 Å². The van der Waals surface area contributed by atoms with E-state index in [0.717, 1.165) is 109 Å². The quantitative estimate of drug-likeness (QED) is 0.0446. The number of rotatable bonds is 24. The Morgan fingerprint density at radius 2 is 0.556 bits per heavy atom. The number of hydrogen-bond acceptors (Lipinski definition) is 6. The van der Waals surface area contributed by atoms with Crippen LogP contribution in [0, 0.1) is 0 Å². The second-order valence-corrected chi connectivity index (χ2v) is 15.3. The van der Waals surface area contributed by atoms with Crippen molar-refractivity contribution in [1.82, 2.24) is 15.0 Å². The highest BCUT2D eigenvalue weighted by Crippen LogP contribution is 2.28. The predicted molar refractivity (Wildman–Crippen MR) is 250 cm³/mol. The largest absolute Gasteiger partial charge is 0.493 e. The molecule has 0 amide bonds. The first-order valence-electron chi connectivity index (χ1n) is 22.0. The lowest BCUT2D eigenvalue weighted by Gasteiger charge is -2.13. The van der Waals surface area contributed by atoms with Crippen molar-refractivity contribution in [3.63, 3.8) is 0 Å². The molecule has 0 bridgehead atoms. The van der Waals surface area contributed by atoms with Gasteiger partial charge in [-0.3, -0.25) is 15.0 Å². The zero-order chi connectivity index (χ0) is 43.0. The molecule has 318 valence electrons. The fraction of sp³-hybridized carbons (Fsp3) is 0.222. The molecule has 0 spiro atoms. The van der Waals surface area contributed by atoms with E-state index in [1.807, 2.05) is 91.8 Å². The van der Waals surface area contributed by atoms with Crippen molar-refractivity contribution >= 4 is 36.5 Å². The molecule has 0 saturated carbocycles. The third kappa shape index (κ3) is 15.9. The minimum Gasteiger partial charge on any atom is -0.493 e. The maximum Gasteiger partial charge on any atom is 0.169 e. The van der Waals surface area contributed by atoms with Gasteiger partial charge in [0.15, 0.2) is 37.2 Å². The molecule has 7 rings (SSSR count). The van der Waals surface area contributed by atoms with Gasteiger partial charge in [-0.2, -0.15) is 0 Å². The molecule has 0 aliphatic carbocycles. The lowest BCUT2D eigenvalue weighted by molar-refractivity contribution is -0.697. The molecule has 0 unspecified atom stereocenters. The minimum absolute atomic E-state index is 0.612. The smallest absolute Gasteiger partial charge is 0.169 e. The Bertz CT molecular complexity index is 2170. The summed E-state index contributed by atoms with van der Waals surface area (Å²) in [6, 6.07) is 30.8. The third-order valence-corrected chi connectivity index (χ3v) is 10.4. The summed E-state index contributed by atoms with van der Waals surface area (Å²) in [6.45, 7) is 4.61. The Hall–Kier alpha value is -7.26. The average molecular weight is 838 g/mol. The molecule has 0 radical (unpaired) electrons. The van der Waals surface area contributed by atoms with Crippen LogP contribution in [0.2, 0.25) is 0 Å². The number of pyridine rings is 6. The Kier molecular flexibility index (Phi) is 17.3. The third-order valence-electron chi connectivity index (χ3n) is 10.4. The number of unbranched alkanes of at least 4 members (excludes halogenated alkanes) is 3. The summed E-state index contributed by atoms with van der Waals surface area (Å²) in [5, 5.41) is 0. The van der Waals surface area contributed by atoms with Gasteiger partial charge < -0.3 is 14.2 Å². The minimum atomic E-state index is 0.612. The zero-order valence-corrected chi connectivity index (χ0v) is 35.9. The van der Waals surface area contributed by atoms with Crippen molar-refractivity contribution < 1.29 is 27.9 Å². The number of aromatic nitrogens is 6. The molecule has 1 aromatic carbocycles. The molecule has 0 aliphatic heterocycles. The van der Waals surface area contributed by atoms with Crippen LogP contribution in [-0.2, 0) is 19.6 Å². The maximum absolute atomic E-state index is 6.29. The van der Waals surface area contributed by atoms with Crippen molar-refractivity contribution in [1.29, 1.82) is 0 Å². The summed E-state index contributed by atoms with van der Waals surface area (Å²) < 4.78 is 25.5. The molecular formula is C54H57N6O3+3. The summed E-state index contributed by atoms with van der Waals surface area (Å²) in [5.41, 5.74) is 6.90. The molecular weight excluding hydrogens is 781 g/mol. The van der Waals surface area contributed by atoms with Gasteiger partial charge in [0.2, 0.25) is 0 Å². The van der Waals surface area contributed by atoms with Crippen LogP contribution in [0.4, 0.5) is 0 Å². The van der Waals surface area contributed by atoms with Crippen LogP contribution in [-0.4, -0.2) is 34.8 Å². The molecule has 0 N–H and O–H groups in total. The van der Waals surface area contributed by atoms with E-state index in [9.17, 15) is 0 Å². The van der Waals surface area contributed by atoms with Crippen LogP contribution >= 0.6 is 0 Å². The fourth-order valence-electron chi connectivity index (χ4n) is 6.74. The van der Waals surface area contributed by atoms with Gasteiger partial charge in [0, 0.05) is 111 Å². The average Bonchev–Trinajstić information content (AvgIpc) is 3.34. The number of aryl methyl sites for hydroxylation is 3. The molecule has 7 aromatic rings. The summed E-state index contributed by atoms with van der Waals surface area (Å²) in [7, 11) is 0. The normalized spacial score (nSPS) is 11.4. The van der Waals surface area contributed by atoms with Gasteiger partial charge in [0.1, 0.15) is 36.9 Å². The maximum atomic E-state index is 6.29. The molecule has 0 aliphatic rings. The first kappa shape index (κ1) is 43.8. The lowest BCUT2D eigenvalue weighted by Crippen LogP contribution is -2.32. The highest BCUT2D eigenvalue weighted by molar-refractivity contribution is 5.70. The Morgan fingerprint density at radius 1 is 0.317 bits per heavy atom. The molecule has 6 aromatic heterocycles. The monoisotopic (exact) mass is 837 g/mol. The van der Waals surface area contributed by atoms with Crippen LogP contribution in [0.5, 0.6) is 17.2 Å². The van der Waals surface area contributed by atoms with Gasteiger partial charge >= 0.3 is 0 Å². The van der Waals surface area contributed by atoms with Crippen LogP contribution < -0.4 is 27.9 Å². The molecule has 0 saturated heterocycles. The standard InChI is InChI=1S/C54H57N6O3/c1(31-58-34-19-49(20-35-58)10-7-46-13-25-55-26-14-46)4-40-61-52-43-53(62-41-5-2-32-59-36-21-50(22-37-59)11-8-47-15-27-56-28-16-47)45-54(44-52)63-42-6-3-33-60-38-23-51(24-39-60)12-9-48-17-29-57-30-18-48/h7-30,34-39,43-45H,1-6,31-33,40-42H2/q+3/b10-7+,11-8+,12-9+. The van der Waals surface area contributed by atoms with E-state index in [4.69, 9.17) is 14.2 Å². The van der Waals surface area contributed by atoms with E-state index >= 15 is 0 Å². The van der Waals surface area contributed by atoms with Crippen LogP contribution in [0.3, 0.4) is 0 Å². The molecule has 6 heterocycles. The van der Waals surface area contributed by atoms with Crippen molar-refractivity contribution in [2.45, 2.75) is 58.2 Å². The van der Waals surface area contributed by atoms with Gasteiger partial charge in [-0.15, -0.1) is 0 Å². The first-order valence-corrected chi connectivity index (χ1v) is 22.0. The van der Waals surface area contributed by atoms with Crippen molar-refractivity contribution in [2.75, 3.05) is 19.8 Å². The van der Waals surface area contributed by atoms with Gasteiger partial charge in [0.05, 0.1) is 19.8 Å². The number of hydrogen-bond donors (Lipinski definition) is 0. The lowest BCUT2D eigenvalue weighted by atomic mass is 10.2. The molecule has 9 nitrogen and oxygen atoms in total. The Morgan fingerprint density at radius 3 is 0.810 bits per heavy atom. The predicted octanol–water partition coefficient (Wildman–Crippen LogP) is 9.82. The summed E-state index contributed by atoms with van der Waals surface area (Å²) >= 11 is 0.